The highest BCUT2D eigenvalue weighted by Gasteiger charge is 2.12. The normalized spacial score (nSPS) is 12.0. The Balaban J connectivity index is 2.15. The smallest absolute Gasteiger partial charge is 0.226 e. The third-order valence-corrected chi connectivity index (χ3v) is 3.25. The fraction of sp³-hybridized carbons (Fsp3) is 0.375. The van der Waals surface area contributed by atoms with E-state index in [1.54, 1.807) is 0 Å². The standard InChI is InChI=1S/C16H20ClN3O/c1-3-9-21-15-10-12(2)18-16(20-15)19-14(11-17)13-7-5-4-6-8-13/h4-8,10,14H,3,9,11H2,1-2H3,(H,18,19,20). The van der Waals surface area contributed by atoms with Crippen LogP contribution in [0, 0.1) is 6.92 Å². The second-order valence-electron chi connectivity index (χ2n) is 4.78. The molecule has 0 fully saturated rings. The third-order valence-electron chi connectivity index (χ3n) is 2.94. The van der Waals surface area contributed by atoms with E-state index in [9.17, 15) is 0 Å². The van der Waals surface area contributed by atoms with Gasteiger partial charge < -0.3 is 10.1 Å². The van der Waals surface area contributed by atoms with Crippen LogP contribution in [0.3, 0.4) is 0 Å². The number of nitrogens with one attached hydrogen (secondary N) is 1. The summed E-state index contributed by atoms with van der Waals surface area (Å²) in [4.78, 5) is 8.78. The molecule has 0 amide bonds. The zero-order chi connectivity index (χ0) is 15.1. The van der Waals surface area contributed by atoms with E-state index >= 15 is 0 Å². The third kappa shape index (κ3) is 4.60. The Hall–Kier alpha value is -1.81. The van der Waals surface area contributed by atoms with Crippen molar-refractivity contribution in [3.05, 3.63) is 47.7 Å². The molecule has 1 heterocycles. The first-order valence-electron chi connectivity index (χ1n) is 7.09. The molecule has 4 nitrogen and oxygen atoms in total. The monoisotopic (exact) mass is 305 g/mol. The van der Waals surface area contributed by atoms with Crippen molar-refractivity contribution >= 4 is 17.5 Å². The Bertz CT molecular complexity index is 563. The second-order valence-corrected chi connectivity index (χ2v) is 5.09. The molecule has 5 heteroatoms. The Morgan fingerprint density at radius 3 is 2.67 bits per heavy atom. The Morgan fingerprint density at radius 1 is 1.24 bits per heavy atom. The van der Waals surface area contributed by atoms with Gasteiger partial charge in [0, 0.05) is 17.6 Å². The molecule has 0 aliphatic heterocycles. The number of alkyl halides is 1. The summed E-state index contributed by atoms with van der Waals surface area (Å²) in [5.41, 5.74) is 1.97. The van der Waals surface area contributed by atoms with Gasteiger partial charge in [0.1, 0.15) is 0 Å². The largest absolute Gasteiger partial charge is 0.478 e. The van der Waals surface area contributed by atoms with Gasteiger partial charge in [-0.3, -0.25) is 0 Å². The molecule has 1 unspecified atom stereocenters. The lowest BCUT2D eigenvalue weighted by atomic mass is 10.1. The molecule has 1 aromatic heterocycles. The van der Waals surface area contributed by atoms with Crippen LogP contribution in [0.5, 0.6) is 5.88 Å². The summed E-state index contributed by atoms with van der Waals surface area (Å²) in [5.74, 6) is 1.57. The maximum Gasteiger partial charge on any atom is 0.226 e. The van der Waals surface area contributed by atoms with Gasteiger partial charge >= 0.3 is 0 Å². The summed E-state index contributed by atoms with van der Waals surface area (Å²) >= 11 is 6.07. The number of benzene rings is 1. The summed E-state index contributed by atoms with van der Waals surface area (Å²) in [7, 11) is 0. The number of hydrogen-bond donors (Lipinski definition) is 1. The molecule has 0 bridgehead atoms. The lowest BCUT2D eigenvalue weighted by molar-refractivity contribution is 0.305. The number of anilines is 1. The van der Waals surface area contributed by atoms with Crippen molar-refractivity contribution in [3.63, 3.8) is 0 Å². The van der Waals surface area contributed by atoms with Crippen molar-refractivity contribution in [3.8, 4) is 5.88 Å². The highest BCUT2D eigenvalue weighted by Crippen LogP contribution is 2.20. The van der Waals surface area contributed by atoms with Gasteiger partial charge in [0.15, 0.2) is 0 Å². The van der Waals surface area contributed by atoms with E-state index in [1.807, 2.05) is 43.3 Å². The number of nitrogens with zero attached hydrogens (tertiary/aromatic N) is 2. The summed E-state index contributed by atoms with van der Waals surface area (Å²) < 4.78 is 5.57. The second kappa shape index (κ2) is 7.84. The van der Waals surface area contributed by atoms with Gasteiger partial charge in [-0.25, -0.2) is 4.98 Å². The van der Waals surface area contributed by atoms with Crippen molar-refractivity contribution in [2.45, 2.75) is 26.3 Å². The molecule has 112 valence electrons. The number of hydrogen-bond acceptors (Lipinski definition) is 4. The average molecular weight is 306 g/mol. The molecule has 0 aliphatic carbocycles. The van der Waals surface area contributed by atoms with Crippen LogP contribution in [0.25, 0.3) is 0 Å². The van der Waals surface area contributed by atoms with Gasteiger partial charge in [0.25, 0.3) is 0 Å². The summed E-state index contributed by atoms with van der Waals surface area (Å²) in [6.07, 6.45) is 0.945. The first-order valence-corrected chi connectivity index (χ1v) is 7.62. The van der Waals surface area contributed by atoms with Crippen LogP contribution in [0.4, 0.5) is 5.95 Å². The predicted octanol–water partition coefficient (Wildman–Crippen LogP) is 3.97. The van der Waals surface area contributed by atoms with E-state index in [1.165, 1.54) is 0 Å². The highest BCUT2D eigenvalue weighted by molar-refractivity contribution is 6.18. The zero-order valence-corrected chi connectivity index (χ0v) is 13.1. The van der Waals surface area contributed by atoms with Gasteiger partial charge in [-0.1, -0.05) is 37.3 Å². The van der Waals surface area contributed by atoms with Gasteiger partial charge in [-0.15, -0.1) is 11.6 Å². The molecule has 0 saturated carbocycles. The Kier molecular flexibility index (Phi) is 5.81. The molecule has 2 rings (SSSR count). The molecule has 0 spiro atoms. The fourth-order valence-electron chi connectivity index (χ4n) is 1.94. The first-order chi connectivity index (χ1) is 10.2. The summed E-state index contributed by atoms with van der Waals surface area (Å²) in [6.45, 7) is 4.63. The molecule has 0 saturated heterocycles. The number of halogens is 1. The molecular formula is C16H20ClN3O. The maximum absolute atomic E-state index is 6.07. The molecule has 2 aromatic rings. The molecule has 1 atom stereocenters. The first kappa shape index (κ1) is 15.6. The van der Waals surface area contributed by atoms with E-state index < -0.39 is 0 Å². The number of ether oxygens (including phenoxy) is 1. The minimum Gasteiger partial charge on any atom is -0.478 e. The van der Waals surface area contributed by atoms with Crippen molar-refractivity contribution < 1.29 is 4.74 Å². The van der Waals surface area contributed by atoms with E-state index in [0.717, 1.165) is 17.7 Å². The van der Waals surface area contributed by atoms with Crippen LogP contribution < -0.4 is 10.1 Å². The van der Waals surface area contributed by atoms with Crippen molar-refractivity contribution in [1.29, 1.82) is 0 Å². The van der Waals surface area contributed by atoms with E-state index in [-0.39, 0.29) is 6.04 Å². The number of aryl methyl sites for hydroxylation is 1. The minimum absolute atomic E-state index is 0.0336. The average Bonchev–Trinajstić information content (AvgIpc) is 2.51. The molecule has 0 aliphatic rings. The van der Waals surface area contributed by atoms with Gasteiger partial charge in [0.05, 0.1) is 12.6 Å². The Labute approximate surface area is 130 Å². The van der Waals surface area contributed by atoms with Gasteiger partial charge in [-0.05, 0) is 18.9 Å². The zero-order valence-electron chi connectivity index (χ0n) is 12.3. The van der Waals surface area contributed by atoms with Crippen molar-refractivity contribution in [2.75, 3.05) is 17.8 Å². The lowest BCUT2D eigenvalue weighted by Crippen LogP contribution is -2.15. The van der Waals surface area contributed by atoms with Crippen LogP contribution in [0.2, 0.25) is 0 Å². The van der Waals surface area contributed by atoms with Crippen LogP contribution >= 0.6 is 11.6 Å². The maximum atomic E-state index is 6.07. The molecular weight excluding hydrogens is 286 g/mol. The number of aromatic nitrogens is 2. The minimum atomic E-state index is -0.0336. The van der Waals surface area contributed by atoms with Gasteiger partial charge in [0.2, 0.25) is 11.8 Å². The van der Waals surface area contributed by atoms with E-state index in [0.29, 0.717) is 24.3 Å². The SMILES string of the molecule is CCCOc1cc(C)nc(NC(CCl)c2ccccc2)n1. The summed E-state index contributed by atoms with van der Waals surface area (Å²) in [5, 5.41) is 3.27. The quantitative estimate of drug-likeness (QED) is 0.786. The topological polar surface area (TPSA) is 47.0 Å². The fourth-order valence-corrected chi connectivity index (χ4v) is 2.19. The molecule has 1 N–H and O–H groups in total. The number of rotatable bonds is 7. The molecule has 1 aromatic carbocycles. The highest BCUT2D eigenvalue weighted by atomic mass is 35.5. The van der Waals surface area contributed by atoms with Crippen LogP contribution in [-0.4, -0.2) is 22.5 Å². The van der Waals surface area contributed by atoms with Gasteiger partial charge in [-0.2, -0.15) is 4.98 Å². The molecule has 0 radical (unpaired) electrons. The predicted molar refractivity (Wildman–Crippen MR) is 86.1 cm³/mol. The molecule has 21 heavy (non-hydrogen) atoms. The van der Waals surface area contributed by atoms with Crippen LogP contribution in [0.1, 0.15) is 30.6 Å². The van der Waals surface area contributed by atoms with Crippen molar-refractivity contribution in [1.82, 2.24) is 9.97 Å². The Morgan fingerprint density at radius 2 is 2.00 bits per heavy atom. The lowest BCUT2D eigenvalue weighted by Gasteiger charge is -2.17. The van der Waals surface area contributed by atoms with Crippen molar-refractivity contribution in [2.24, 2.45) is 0 Å². The van der Waals surface area contributed by atoms with Crippen LogP contribution in [0.15, 0.2) is 36.4 Å². The van der Waals surface area contributed by atoms with Crippen LogP contribution in [-0.2, 0) is 0 Å². The summed E-state index contributed by atoms with van der Waals surface area (Å²) in [6, 6.07) is 11.8. The van der Waals surface area contributed by atoms with E-state index in [2.05, 4.69) is 22.2 Å². The van der Waals surface area contributed by atoms with E-state index in [4.69, 9.17) is 16.3 Å².